The Bertz CT molecular complexity index is 608. The molecule has 1 aromatic carbocycles. The van der Waals surface area contributed by atoms with Crippen LogP contribution in [0.25, 0.3) is 11.3 Å². The molecule has 0 saturated carbocycles. The number of methoxy groups -OCH3 is 1. The molecular weight excluding hydrogens is 316 g/mol. The lowest BCUT2D eigenvalue weighted by atomic mass is 10.0. The molecule has 1 aromatic heterocycles. The van der Waals surface area contributed by atoms with Crippen molar-refractivity contribution < 1.29 is 4.74 Å². The van der Waals surface area contributed by atoms with Crippen molar-refractivity contribution in [3.63, 3.8) is 0 Å². The SMILES string of the molecule is COc1cc(C)c(Cl)c(C)c1-c1n[nH]c(C)c1Br. The number of aromatic amines is 1. The lowest BCUT2D eigenvalue weighted by Gasteiger charge is -2.13. The van der Waals surface area contributed by atoms with Gasteiger partial charge in [-0.1, -0.05) is 11.6 Å². The predicted molar refractivity (Wildman–Crippen MR) is 77.5 cm³/mol. The molecule has 1 N–H and O–H groups in total. The second-order valence-electron chi connectivity index (χ2n) is 4.22. The van der Waals surface area contributed by atoms with Gasteiger partial charge in [-0.25, -0.2) is 0 Å². The average Bonchev–Trinajstić information content (AvgIpc) is 2.67. The summed E-state index contributed by atoms with van der Waals surface area (Å²) in [5.74, 6) is 0.779. The van der Waals surface area contributed by atoms with Crippen LogP contribution < -0.4 is 4.74 Å². The maximum atomic E-state index is 6.31. The van der Waals surface area contributed by atoms with E-state index in [1.54, 1.807) is 7.11 Å². The van der Waals surface area contributed by atoms with Crippen LogP contribution in [0.3, 0.4) is 0 Å². The molecule has 0 fully saturated rings. The van der Waals surface area contributed by atoms with E-state index in [2.05, 4.69) is 26.1 Å². The van der Waals surface area contributed by atoms with Gasteiger partial charge in [-0.05, 0) is 53.9 Å². The zero-order chi connectivity index (χ0) is 13.4. The molecule has 0 bridgehead atoms. The highest BCUT2D eigenvalue weighted by atomic mass is 79.9. The Hall–Kier alpha value is -1.00. The van der Waals surface area contributed by atoms with Crippen molar-refractivity contribution in [1.29, 1.82) is 0 Å². The molecule has 0 saturated heterocycles. The van der Waals surface area contributed by atoms with Crippen LogP contribution in [0.4, 0.5) is 0 Å². The molecular formula is C13H14BrClN2O. The number of rotatable bonds is 2. The molecule has 0 aliphatic rings. The Kier molecular flexibility index (Phi) is 3.69. The Morgan fingerprint density at radius 1 is 1.33 bits per heavy atom. The van der Waals surface area contributed by atoms with Crippen molar-refractivity contribution in [2.24, 2.45) is 0 Å². The molecule has 18 heavy (non-hydrogen) atoms. The van der Waals surface area contributed by atoms with E-state index in [9.17, 15) is 0 Å². The molecule has 1 heterocycles. The number of ether oxygens (including phenoxy) is 1. The molecule has 5 heteroatoms. The number of aromatic nitrogens is 2. The fourth-order valence-corrected chi connectivity index (χ4v) is 2.48. The van der Waals surface area contributed by atoms with Crippen molar-refractivity contribution in [2.45, 2.75) is 20.8 Å². The number of nitrogens with one attached hydrogen (secondary N) is 1. The van der Waals surface area contributed by atoms with Gasteiger partial charge in [-0.15, -0.1) is 0 Å². The second-order valence-corrected chi connectivity index (χ2v) is 5.39. The number of aryl methyl sites for hydroxylation is 2. The van der Waals surface area contributed by atoms with Gasteiger partial charge in [0.2, 0.25) is 0 Å². The van der Waals surface area contributed by atoms with Gasteiger partial charge in [-0.3, -0.25) is 5.10 Å². The Morgan fingerprint density at radius 3 is 2.50 bits per heavy atom. The molecule has 0 atom stereocenters. The van der Waals surface area contributed by atoms with Gasteiger partial charge in [0.25, 0.3) is 0 Å². The highest BCUT2D eigenvalue weighted by molar-refractivity contribution is 9.10. The fraction of sp³-hybridized carbons (Fsp3) is 0.308. The molecule has 2 aromatic rings. The molecule has 0 radical (unpaired) electrons. The second kappa shape index (κ2) is 4.94. The van der Waals surface area contributed by atoms with E-state index in [-0.39, 0.29) is 0 Å². The zero-order valence-electron chi connectivity index (χ0n) is 10.7. The molecule has 0 aliphatic heterocycles. The minimum absolute atomic E-state index is 0.748. The van der Waals surface area contributed by atoms with Crippen LogP contribution in [0, 0.1) is 20.8 Å². The van der Waals surface area contributed by atoms with E-state index >= 15 is 0 Å². The molecule has 2 rings (SSSR count). The van der Waals surface area contributed by atoms with Crippen molar-refractivity contribution >= 4 is 27.5 Å². The van der Waals surface area contributed by atoms with Crippen LogP contribution >= 0.6 is 27.5 Å². The van der Waals surface area contributed by atoms with Gasteiger partial charge in [0.15, 0.2) is 0 Å². The van der Waals surface area contributed by atoms with Crippen LogP contribution in [0.15, 0.2) is 10.5 Å². The molecule has 0 spiro atoms. The molecule has 0 aliphatic carbocycles. The van der Waals surface area contributed by atoms with E-state index in [0.29, 0.717) is 0 Å². The summed E-state index contributed by atoms with van der Waals surface area (Å²) < 4.78 is 6.38. The van der Waals surface area contributed by atoms with Crippen molar-refractivity contribution in [3.8, 4) is 17.0 Å². The van der Waals surface area contributed by atoms with Crippen molar-refractivity contribution in [2.75, 3.05) is 7.11 Å². The van der Waals surface area contributed by atoms with Crippen LogP contribution in [0.5, 0.6) is 5.75 Å². The summed E-state index contributed by atoms with van der Waals surface area (Å²) in [5.41, 5.74) is 4.69. The largest absolute Gasteiger partial charge is 0.496 e. The van der Waals surface area contributed by atoms with Crippen LogP contribution in [0.2, 0.25) is 5.02 Å². The third kappa shape index (κ3) is 2.04. The van der Waals surface area contributed by atoms with Gasteiger partial charge in [-0.2, -0.15) is 5.10 Å². The van der Waals surface area contributed by atoms with Crippen LogP contribution in [0.1, 0.15) is 16.8 Å². The van der Waals surface area contributed by atoms with E-state index in [4.69, 9.17) is 16.3 Å². The molecule has 0 amide bonds. The molecule has 96 valence electrons. The first-order valence-electron chi connectivity index (χ1n) is 5.51. The first-order valence-corrected chi connectivity index (χ1v) is 6.69. The highest BCUT2D eigenvalue weighted by Crippen LogP contribution is 2.41. The van der Waals surface area contributed by atoms with Gasteiger partial charge in [0.05, 0.1) is 11.6 Å². The summed E-state index contributed by atoms with van der Waals surface area (Å²) in [4.78, 5) is 0. The van der Waals surface area contributed by atoms with Crippen LogP contribution in [-0.4, -0.2) is 17.3 Å². The summed E-state index contributed by atoms with van der Waals surface area (Å²) in [6, 6.07) is 1.93. The third-order valence-electron chi connectivity index (χ3n) is 2.97. The monoisotopic (exact) mass is 328 g/mol. The Labute approximate surface area is 120 Å². The maximum Gasteiger partial charge on any atom is 0.129 e. The van der Waals surface area contributed by atoms with Gasteiger partial charge in [0.1, 0.15) is 11.4 Å². The summed E-state index contributed by atoms with van der Waals surface area (Å²) in [6.45, 7) is 5.90. The number of nitrogens with zero attached hydrogens (tertiary/aromatic N) is 1. The van der Waals surface area contributed by atoms with Gasteiger partial charge in [0, 0.05) is 16.3 Å². The summed E-state index contributed by atoms with van der Waals surface area (Å²) >= 11 is 9.85. The van der Waals surface area contributed by atoms with E-state index < -0.39 is 0 Å². The maximum absolute atomic E-state index is 6.31. The van der Waals surface area contributed by atoms with E-state index in [1.807, 2.05) is 26.8 Å². The summed E-state index contributed by atoms with van der Waals surface area (Å²) in [7, 11) is 1.65. The fourth-order valence-electron chi connectivity index (χ4n) is 1.96. The Balaban J connectivity index is 2.78. The molecule has 3 nitrogen and oxygen atoms in total. The Morgan fingerprint density at radius 2 is 2.00 bits per heavy atom. The van der Waals surface area contributed by atoms with E-state index in [1.165, 1.54) is 0 Å². The first kappa shape index (κ1) is 13.4. The zero-order valence-corrected chi connectivity index (χ0v) is 13.0. The first-order chi connectivity index (χ1) is 8.47. The number of halogens is 2. The van der Waals surface area contributed by atoms with Crippen LogP contribution in [-0.2, 0) is 0 Å². The lowest BCUT2D eigenvalue weighted by molar-refractivity contribution is 0.415. The van der Waals surface area contributed by atoms with Gasteiger partial charge < -0.3 is 4.74 Å². The smallest absolute Gasteiger partial charge is 0.129 e. The topological polar surface area (TPSA) is 37.9 Å². The molecule has 0 unspecified atom stereocenters. The predicted octanol–water partition coefficient (Wildman–Crippen LogP) is 4.43. The van der Waals surface area contributed by atoms with Gasteiger partial charge >= 0.3 is 0 Å². The highest BCUT2D eigenvalue weighted by Gasteiger charge is 2.19. The van der Waals surface area contributed by atoms with E-state index in [0.717, 1.165) is 43.3 Å². The summed E-state index contributed by atoms with van der Waals surface area (Å²) in [5, 5.41) is 8.02. The standard InChI is InChI=1S/C13H14BrClN2O/c1-6-5-9(18-4)10(7(2)12(6)15)13-11(14)8(3)16-17-13/h5H,1-4H3,(H,16,17). The lowest BCUT2D eigenvalue weighted by Crippen LogP contribution is -1.95. The minimum atomic E-state index is 0.748. The van der Waals surface area contributed by atoms with Crippen molar-refractivity contribution in [1.82, 2.24) is 10.2 Å². The number of H-pyrrole nitrogens is 1. The number of benzene rings is 1. The average molecular weight is 330 g/mol. The quantitative estimate of drug-likeness (QED) is 0.885. The minimum Gasteiger partial charge on any atom is -0.496 e. The summed E-state index contributed by atoms with van der Waals surface area (Å²) in [6.07, 6.45) is 0. The number of hydrogen-bond acceptors (Lipinski definition) is 2. The third-order valence-corrected chi connectivity index (χ3v) is 4.53. The normalized spacial score (nSPS) is 10.8. The van der Waals surface area contributed by atoms with Crippen molar-refractivity contribution in [3.05, 3.63) is 32.4 Å². The number of hydrogen-bond donors (Lipinski definition) is 1.